The van der Waals surface area contributed by atoms with Crippen LogP contribution in [0.5, 0.6) is 0 Å². The van der Waals surface area contributed by atoms with Crippen LogP contribution in [0.3, 0.4) is 0 Å². The monoisotopic (exact) mass is 286 g/mol. The molecule has 1 saturated heterocycles. The second-order valence-electron chi connectivity index (χ2n) is 4.81. The molecule has 6 nitrogen and oxygen atoms in total. The van der Waals surface area contributed by atoms with Crippen molar-refractivity contribution in [3.63, 3.8) is 0 Å². The molecule has 19 heavy (non-hydrogen) atoms. The molecule has 0 radical (unpaired) electrons. The number of anilines is 1. The minimum Gasteiger partial charge on any atom is -0.406 e. The molecule has 2 atom stereocenters. The molecule has 2 rings (SSSR count). The molecule has 0 bridgehead atoms. The standard InChI is InChI=1S/C12H19ClN4O2/c1-8(13)10-15-16-12(19-10)14-9(2)11(18)17-6-4-3-5-7-17/h8-9H,3-7H2,1-2H3,(H,14,16). The maximum Gasteiger partial charge on any atom is 0.316 e. The van der Waals surface area contributed by atoms with Gasteiger partial charge in [-0.1, -0.05) is 5.10 Å². The Labute approximate surface area is 117 Å². The number of rotatable bonds is 4. The van der Waals surface area contributed by atoms with Gasteiger partial charge in [-0.05, 0) is 33.1 Å². The first kappa shape index (κ1) is 14.1. The van der Waals surface area contributed by atoms with Crippen LogP contribution in [0.15, 0.2) is 4.42 Å². The van der Waals surface area contributed by atoms with Crippen molar-refractivity contribution >= 4 is 23.5 Å². The number of piperidine rings is 1. The summed E-state index contributed by atoms with van der Waals surface area (Å²) < 4.78 is 5.32. The Hall–Kier alpha value is -1.30. The predicted molar refractivity (Wildman–Crippen MR) is 72.1 cm³/mol. The van der Waals surface area contributed by atoms with Crippen LogP contribution in [0.2, 0.25) is 0 Å². The van der Waals surface area contributed by atoms with Crippen LogP contribution >= 0.6 is 11.6 Å². The van der Waals surface area contributed by atoms with Gasteiger partial charge in [0.1, 0.15) is 11.4 Å². The summed E-state index contributed by atoms with van der Waals surface area (Å²) in [6.45, 7) is 5.21. The largest absolute Gasteiger partial charge is 0.406 e. The van der Waals surface area contributed by atoms with E-state index in [0.717, 1.165) is 25.9 Å². The summed E-state index contributed by atoms with van der Waals surface area (Å²) in [5.41, 5.74) is 0. The van der Waals surface area contributed by atoms with Gasteiger partial charge in [0.25, 0.3) is 0 Å². The van der Waals surface area contributed by atoms with Crippen molar-refractivity contribution in [3.05, 3.63) is 5.89 Å². The van der Waals surface area contributed by atoms with E-state index in [1.807, 2.05) is 4.90 Å². The molecule has 1 aromatic rings. The van der Waals surface area contributed by atoms with Crippen molar-refractivity contribution in [1.29, 1.82) is 0 Å². The first-order chi connectivity index (χ1) is 9.08. The first-order valence-electron chi connectivity index (χ1n) is 6.60. The van der Waals surface area contributed by atoms with Gasteiger partial charge in [-0.25, -0.2) is 0 Å². The molecular formula is C12H19ClN4O2. The van der Waals surface area contributed by atoms with Crippen LogP contribution in [0.4, 0.5) is 6.01 Å². The Bertz CT molecular complexity index is 429. The fourth-order valence-corrected chi connectivity index (χ4v) is 2.18. The second kappa shape index (κ2) is 6.23. The van der Waals surface area contributed by atoms with Gasteiger partial charge >= 0.3 is 6.01 Å². The highest BCUT2D eigenvalue weighted by Crippen LogP contribution is 2.20. The lowest BCUT2D eigenvalue weighted by Crippen LogP contribution is -2.43. The summed E-state index contributed by atoms with van der Waals surface area (Å²) in [5, 5.41) is 10.2. The average Bonchev–Trinajstić information content (AvgIpc) is 2.87. The summed E-state index contributed by atoms with van der Waals surface area (Å²) in [7, 11) is 0. The summed E-state index contributed by atoms with van der Waals surface area (Å²) in [6.07, 6.45) is 3.35. The number of nitrogens with one attached hydrogen (secondary N) is 1. The topological polar surface area (TPSA) is 71.3 Å². The highest BCUT2D eigenvalue weighted by atomic mass is 35.5. The molecule has 1 aromatic heterocycles. The smallest absolute Gasteiger partial charge is 0.316 e. The van der Waals surface area contributed by atoms with Crippen LogP contribution in [-0.2, 0) is 4.79 Å². The van der Waals surface area contributed by atoms with Gasteiger partial charge in [-0.2, -0.15) is 0 Å². The van der Waals surface area contributed by atoms with Crippen molar-refractivity contribution in [2.45, 2.75) is 44.5 Å². The van der Waals surface area contributed by atoms with E-state index in [0.29, 0.717) is 5.89 Å². The third-order valence-electron chi connectivity index (χ3n) is 3.16. The van der Waals surface area contributed by atoms with Crippen LogP contribution in [0.1, 0.15) is 44.4 Å². The van der Waals surface area contributed by atoms with Crippen LogP contribution < -0.4 is 5.32 Å². The Morgan fingerprint density at radius 3 is 2.58 bits per heavy atom. The lowest BCUT2D eigenvalue weighted by Gasteiger charge is -2.29. The number of alkyl halides is 1. The van der Waals surface area contributed by atoms with Crippen molar-refractivity contribution in [2.24, 2.45) is 0 Å². The maximum absolute atomic E-state index is 12.2. The number of carbonyl (C=O) groups excluding carboxylic acids is 1. The molecule has 2 heterocycles. The molecule has 1 aliphatic heterocycles. The summed E-state index contributed by atoms with van der Waals surface area (Å²) in [4.78, 5) is 14.1. The Morgan fingerprint density at radius 2 is 2.00 bits per heavy atom. The van der Waals surface area contributed by atoms with Gasteiger partial charge in [-0.15, -0.1) is 16.7 Å². The van der Waals surface area contributed by atoms with Crippen molar-refractivity contribution in [3.8, 4) is 0 Å². The normalized spacial score (nSPS) is 19.0. The number of nitrogens with zero attached hydrogens (tertiary/aromatic N) is 3. The predicted octanol–water partition coefficient (Wildman–Crippen LogP) is 2.18. The maximum atomic E-state index is 12.2. The molecule has 0 spiro atoms. The van der Waals surface area contributed by atoms with E-state index in [-0.39, 0.29) is 23.3 Å². The molecule has 2 unspecified atom stereocenters. The molecule has 1 N–H and O–H groups in total. The zero-order chi connectivity index (χ0) is 13.8. The van der Waals surface area contributed by atoms with E-state index in [9.17, 15) is 4.79 Å². The van der Waals surface area contributed by atoms with Crippen molar-refractivity contribution < 1.29 is 9.21 Å². The van der Waals surface area contributed by atoms with Gasteiger partial charge < -0.3 is 14.6 Å². The number of hydrogen-bond donors (Lipinski definition) is 1. The third kappa shape index (κ3) is 3.59. The molecule has 7 heteroatoms. The van der Waals surface area contributed by atoms with Gasteiger partial charge in [0.15, 0.2) is 0 Å². The highest BCUT2D eigenvalue weighted by Gasteiger charge is 2.23. The van der Waals surface area contributed by atoms with E-state index in [1.54, 1.807) is 13.8 Å². The fraction of sp³-hybridized carbons (Fsp3) is 0.750. The van der Waals surface area contributed by atoms with E-state index < -0.39 is 0 Å². The molecule has 0 aromatic carbocycles. The Morgan fingerprint density at radius 1 is 1.32 bits per heavy atom. The van der Waals surface area contributed by atoms with Crippen molar-refractivity contribution in [1.82, 2.24) is 15.1 Å². The van der Waals surface area contributed by atoms with E-state index in [4.69, 9.17) is 16.0 Å². The van der Waals surface area contributed by atoms with Crippen molar-refractivity contribution in [2.75, 3.05) is 18.4 Å². The fourth-order valence-electron chi connectivity index (χ4n) is 2.09. The summed E-state index contributed by atoms with van der Waals surface area (Å²) in [5.74, 6) is 0.417. The molecule has 106 valence electrons. The van der Waals surface area contributed by atoms with E-state index in [1.165, 1.54) is 6.42 Å². The van der Waals surface area contributed by atoms with Crippen LogP contribution in [-0.4, -0.2) is 40.1 Å². The zero-order valence-electron chi connectivity index (χ0n) is 11.2. The molecule has 1 fully saturated rings. The number of amides is 1. The Balaban J connectivity index is 1.91. The van der Waals surface area contributed by atoms with Gasteiger partial charge in [0.2, 0.25) is 11.8 Å². The number of likely N-dealkylation sites (tertiary alicyclic amines) is 1. The van der Waals surface area contributed by atoms with Gasteiger partial charge in [0, 0.05) is 13.1 Å². The van der Waals surface area contributed by atoms with Gasteiger partial charge in [0.05, 0.1) is 0 Å². The average molecular weight is 287 g/mol. The molecular weight excluding hydrogens is 268 g/mol. The zero-order valence-corrected chi connectivity index (χ0v) is 12.0. The third-order valence-corrected chi connectivity index (χ3v) is 3.35. The minimum atomic E-state index is -0.378. The minimum absolute atomic E-state index is 0.0679. The molecule has 1 amide bonds. The SMILES string of the molecule is CC(Nc1nnc(C(C)Cl)o1)C(=O)N1CCCCC1. The molecule has 0 aliphatic carbocycles. The summed E-state index contributed by atoms with van der Waals surface area (Å²) in [6, 6.07) is -0.141. The van der Waals surface area contributed by atoms with Crippen LogP contribution in [0.25, 0.3) is 0 Å². The Kier molecular flexibility index (Phi) is 4.63. The quantitative estimate of drug-likeness (QED) is 0.859. The lowest BCUT2D eigenvalue weighted by atomic mass is 10.1. The summed E-state index contributed by atoms with van der Waals surface area (Å²) >= 11 is 5.84. The molecule has 0 saturated carbocycles. The number of carbonyl (C=O) groups is 1. The number of hydrogen-bond acceptors (Lipinski definition) is 5. The number of halogens is 1. The second-order valence-corrected chi connectivity index (χ2v) is 5.47. The van der Waals surface area contributed by atoms with E-state index in [2.05, 4.69) is 15.5 Å². The van der Waals surface area contributed by atoms with Crippen LogP contribution in [0, 0.1) is 0 Å². The molecule has 1 aliphatic rings. The number of aromatic nitrogens is 2. The first-order valence-corrected chi connectivity index (χ1v) is 7.04. The van der Waals surface area contributed by atoms with E-state index >= 15 is 0 Å². The lowest BCUT2D eigenvalue weighted by molar-refractivity contribution is -0.132. The highest BCUT2D eigenvalue weighted by molar-refractivity contribution is 6.20. The van der Waals surface area contributed by atoms with Gasteiger partial charge in [-0.3, -0.25) is 4.79 Å².